The van der Waals surface area contributed by atoms with Gasteiger partial charge < -0.3 is 24.4 Å². The van der Waals surface area contributed by atoms with Gasteiger partial charge in [0.1, 0.15) is 11.5 Å². The summed E-state index contributed by atoms with van der Waals surface area (Å²) in [7, 11) is 3.15. The van der Waals surface area contributed by atoms with Gasteiger partial charge in [0, 0.05) is 37.0 Å². The number of carbonyl (C=O) groups excluding carboxylic acids is 2. The third-order valence-electron chi connectivity index (χ3n) is 5.27. The summed E-state index contributed by atoms with van der Waals surface area (Å²) in [5.74, 6) is 0.529. The lowest BCUT2D eigenvalue weighted by Gasteiger charge is -2.28. The van der Waals surface area contributed by atoms with Crippen molar-refractivity contribution < 1.29 is 23.8 Å². The predicted octanol–water partition coefficient (Wildman–Crippen LogP) is 3.81. The highest BCUT2D eigenvalue weighted by Crippen LogP contribution is 2.24. The summed E-state index contributed by atoms with van der Waals surface area (Å²) in [6.45, 7) is 1.84. The summed E-state index contributed by atoms with van der Waals surface area (Å²) in [5.41, 5.74) is 2.75. The molecule has 2 aromatic rings. The molecule has 31 heavy (non-hydrogen) atoms. The van der Waals surface area contributed by atoms with Gasteiger partial charge >= 0.3 is 5.97 Å². The first-order valence-electron chi connectivity index (χ1n) is 10.6. The third kappa shape index (κ3) is 6.91. The van der Waals surface area contributed by atoms with Gasteiger partial charge in [-0.3, -0.25) is 9.59 Å². The van der Waals surface area contributed by atoms with E-state index in [0.717, 1.165) is 18.7 Å². The van der Waals surface area contributed by atoms with E-state index in [4.69, 9.17) is 14.2 Å². The Balaban J connectivity index is 1.41. The van der Waals surface area contributed by atoms with Gasteiger partial charge in [-0.15, -0.1) is 0 Å². The van der Waals surface area contributed by atoms with Crippen molar-refractivity contribution in [3.05, 3.63) is 48.0 Å². The number of aryl methyl sites for hydroxylation is 1. The maximum Gasteiger partial charge on any atom is 0.306 e. The van der Waals surface area contributed by atoms with Gasteiger partial charge in [-0.05, 0) is 67.6 Å². The number of nitrogens with zero attached hydrogens (tertiary/aromatic N) is 1. The summed E-state index contributed by atoms with van der Waals surface area (Å²) >= 11 is 0. The standard InChI is InChI=1S/C24H30N2O5/c1-29-21-14-18(15-22(16-21)30-2)6-11-24(28)31-17-23(27)25-19-7-9-20(10-8-19)26-12-4-3-5-13-26/h7-10,14-16H,3-6,11-13,17H2,1-2H3,(H,25,27). The van der Waals surface area contributed by atoms with E-state index in [1.165, 1.54) is 24.9 Å². The highest BCUT2D eigenvalue weighted by molar-refractivity contribution is 5.93. The van der Waals surface area contributed by atoms with Crippen molar-refractivity contribution in [1.82, 2.24) is 0 Å². The second kappa shape index (κ2) is 11.2. The van der Waals surface area contributed by atoms with E-state index in [2.05, 4.69) is 10.2 Å². The van der Waals surface area contributed by atoms with E-state index in [9.17, 15) is 9.59 Å². The van der Waals surface area contributed by atoms with Gasteiger partial charge in [0.05, 0.1) is 14.2 Å². The Morgan fingerprint density at radius 1 is 0.935 bits per heavy atom. The Morgan fingerprint density at radius 2 is 1.58 bits per heavy atom. The summed E-state index contributed by atoms with van der Waals surface area (Å²) in [6.07, 6.45) is 4.35. The van der Waals surface area contributed by atoms with Crippen molar-refractivity contribution >= 4 is 23.3 Å². The molecule has 7 heteroatoms. The molecule has 0 unspecified atom stereocenters. The molecule has 2 aromatic carbocycles. The maximum absolute atomic E-state index is 12.1. The molecule has 0 aromatic heterocycles. The van der Waals surface area contributed by atoms with Gasteiger partial charge in [-0.1, -0.05) is 0 Å². The lowest BCUT2D eigenvalue weighted by atomic mass is 10.1. The van der Waals surface area contributed by atoms with Crippen LogP contribution in [0.4, 0.5) is 11.4 Å². The van der Waals surface area contributed by atoms with Crippen molar-refractivity contribution in [1.29, 1.82) is 0 Å². The van der Waals surface area contributed by atoms with E-state index in [-0.39, 0.29) is 18.9 Å². The smallest absolute Gasteiger partial charge is 0.306 e. The number of carbonyl (C=O) groups is 2. The SMILES string of the molecule is COc1cc(CCC(=O)OCC(=O)Nc2ccc(N3CCCCC3)cc2)cc(OC)c1. The molecule has 1 aliphatic heterocycles. The maximum atomic E-state index is 12.1. The number of amides is 1. The Morgan fingerprint density at radius 3 is 2.19 bits per heavy atom. The number of esters is 1. The summed E-state index contributed by atoms with van der Waals surface area (Å²) in [5, 5.41) is 2.76. The number of nitrogens with one attached hydrogen (secondary N) is 1. The fraction of sp³-hybridized carbons (Fsp3) is 0.417. The molecule has 1 heterocycles. The van der Waals surface area contributed by atoms with Crippen LogP contribution in [0.1, 0.15) is 31.2 Å². The van der Waals surface area contributed by atoms with Crippen LogP contribution in [0.15, 0.2) is 42.5 Å². The minimum atomic E-state index is -0.433. The monoisotopic (exact) mass is 426 g/mol. The predicted molar refractivity (Wildman–Crippen MR) is 120 cm³/mol. The first kappa shape index (κ1) is 22.5. The normalized spacial score (nSPS) is 13.4. The molecule has 3 rings (SSSR count). The van der Waals surface area contributed by atoms with E-state index < -0.39 is 5.97 Å². The highest BCUT2D eigenvalue weighted by Gasteiger charge is 2.12. The molecule has 0 spiro atoms. The number of piperidine rings is 1. The van der Waals surface area contributed by atoms with Crippen LogP contribution in [0, 0.1) is 0 Å². The topological polar surface area (TPSA) is 77.1 Å². The molecule has 7 nitrogen and oxygen atoms in total. The number of hydrogen-bond acceptors (Lipinski definition) is 6. The Bertz CT molecular complexity index is 854. The fourth-order valence-electron chi connectivity index (χ4n) is 3.58. The molecule has 0 saturated carbocycles. The largest absolute Gasteiger partial charge is 0.497 e. The van der Waals surface area contributed by atoms with Crippen molar-refractivity contribution in [2.75, 3.05) is 44.1 Å². The molecule has 0 aliphatic carbocycles. The van der Waals surface area contributed by atoms with Crippen LogP contribution in [0.3, 0.4) is 0 Å². The first-order chi connectivity index (χ1) is 15.1. The molecule has 1 aliphatic rings. The van der Waals surface area contributed by atoms with Crippen LogP contribution in [0.2, 0.25) is 0 Å². The molecule has 166 valence electrons. The number of rotatable bonds is 9. The molecular weight excluding hydrogens is 396 g/mol. The van der Waals surface area contributed by atoms with Gasteiger partial charge in [0.15, 0.2) is 6.61 Å². The molecule has 0 radical (unpaired) electrons. The molecule has 1 fully saturated rings. The van der Waals surface area contributed by atoms with E-state index >= 15 is 0 Å². The Labute approximate surface area is 183 Å². The summed E-state index contributed by atoms with van der Waals surface area (Å²) < 4.78 is 15.6. The molecular formula is C24H30N2O5. The van der Waals surface area contributed by atoms with Gasteiger partial charge in [0.25, 0.3) is 5.91 Å². The van der Waals surface area contributed by atoms with Crippen LogP contribution >= 0.6 is 0 Å². The summed E-state index contributed by atoms with van der Waals surface area (Å²) in [6, 6.07) is 13.2. The van der Waals surface area contributed by atoms with Gasteiger partial charge in [0.2, 0.25) is 0 Å². The summed E-state index contributed by atoms with van der Waals surface area (Å²) in [4.78, 5) is 26.5. The van der Waals surface area contributed by atoms with Crippen molar-refractivity contribution in [2.24, 2.45) is 0 Å². The quantitative estimate of drug-likeness (QED) is 0.615. The number of ether oxygens (including phenoxy) is 3. The second-order valence-corrected chi connectivity index (χ2v) is 7.52. The van der Waals surface area contributed by atoms with Gasteiger partial charge in [-0.2, -0.15) is 0 Å². The van der Waals surface area contributed by atoms with E-state index in [0.29, 0.717) is 23.6 Å². The number of methoxy groups -OCH3 is 2. The first-order valence-corrected chi connectivity index (χ1v) is 10.6. The average molecular weight is 427 g/mol. The minimum absolute atomic E-state index is 0.161. The zero-order valence-electron chi connectivity index (χ0n) is 18.2. The number of anilines is 2. The number of benzene rings is 2. The van der Waals surface area contributed by atoms with Crippen LogP contribution in [-0.2, 0) is 20.7 Å². The van der Waals surface area contributed by atoms with Crippen molar-refractivity contribution in [2.45, 2.75) is 32.1 Å². The van der Waals surface area contributed by atoms with Crippen molar-refractivity contribution in [3.8, 4) is 11.5 Å². The second-order valence-electron chi connectivity index (χ2n) is 7.52. The van der Waals surface area contributed by atoms with Crippen LogP contribution in [-0.4, -0.2) is 45.8 Å². The lowest BCUT2D eigenvalue weighted by Crippen LogP contribution is -2.29. The van der Waals surface area contributed by atoms with Crippen LogP contribution in [0.5, 0.6) is 11.5 Å². The minimum Gasteiger partial charge on any atom is -0.497 e. The van der Waals surface area contributed by atoms with Crippen LogP contribution in [0.25, 0.3) is 0 Å². The zero-order valence-corrected chi connectivity index (χ0v) is 18.2. The molecule has 0 atom stereocenters. The molecule has 1 N–H and O–H groups in total. The average Bonchev–Trinajstić information content (AvgIpc) is 2.82. The van der Waals surface area contributed by atoms with E-state index in [1.54, 1.807) is 20.3 Å². The molecule has 1 amide bonds. The third-order valence-corrected chi connectivity index (χ3v) is 5.27. The Kier molecular flexibility index (Phi) is 8.15. The van der Waals surface area contributed by atoms with E-state index in [1.807, 2.05) is 36.4 Å². The molecule has 1 saturated heterocycles. The molecule has 0 bridgehead atoms. The number of hydrogen-bond donors (Lipinski definition) is 1. The highest BCUT2D eigenvalue weighted by atomic mass is 16.5. The fourth-order valence-corrected chi connectivity index (χ4v) is 3.58. The zero-order chi connectivity index (χ0) is 22.1. The van der Waals surface area contributed by atoms with Crippen molar-refractivity contribution in [3.63, 3.8) is 0 Å². The lowest BCUT2D eigenvalue weighted by molar-refractivity contribution is -0.147. The van der Waals surface area contributed by atoms with Crippen LogP contribution < -0.4 is 19.7 Å². The Hall–Kier alpha value is -3.22. The van der Waals surface area contributed by atoms with Gasteiger partial charge in [-0.25, -0.2) is 0 Å².